The second kappa shape index (κ2) is 3.98. The fraction of sp³-hybridized carbons (Fsp3) is 0.571. The van der Waals surface area contributed by atoms with Gasteiger partial charge in [-0.1, -0.05) is 18.2 Å². The lowest BCUT2D eigenvalue weighted by atomic mass is 9.86. The van der Waals surface area contributed by atoms with E-state index in [0.29, 0.717) is 12.8 Å². The van der Waals surface area contributed by atoms with Crippen molar-refractivity contribution in [3.05, 3.63) is 29.8 Å². The van der Waals surface area contributed by atoms with Crippen molar-refractivity contribution in [2.45, 2.75) is 49.9 Å². The van der Waals surface area contributed by atoms with Crippen LogP contribution in [0.15, 0.2) is 24.3 Å². The zero-order valence-electron chi connectivity index (χ0n) is 9.95. The number of hydrogen-bond donors (Lipinski definition) is 2. The fourth-order valence-electron chi connectivity index (χ4n) is 3.21. The van der Waals surface area contributed by atoms with Gasteiger partial charge >= 0.3 is 0 Å². The summed E-state index contributed by atoms with van der Waals surface area (Å²) < 4.78 is 14.8. The minimum Gasteiger partial charge on any atom is -0.379 e. The largest absolute Gasteiger partial charge is 0.379 e. The lowest BCUT2D eigenvalue weighted by Crippen LogP contribution is -2.44. The Hall–Kier alpha value is -1.09. The first-order valence-electron chi connectivity index (χ1n) is 6.46. The molecule has 2 aliphatic rings. The normalized spacial score (nSPS) is 36.4. The molecule has 3 unspecified atom stereocenters. The number of hydrogen-bond acceptors (Lipinski definition) is 2. The summed E-state index contributed by atoms with van der Waals surface area (Å²) in [6.07, 6.45) is 3.77. The van der Waals surface area contributed by atoms with Crippen molar-refractivity contribution in [3.63, 3.8) is 0 Å². The van der Waals surface area contributed by atoms with E-state index in [2.05, 4.69) is 11.4 Å². The lowest BCUT2D eigenvalue weighted by molar-refractivity contribution is 0.134. The first kappa shape index (κ1) is 11.0. The fourth-order valence-corrected chi connectivity index (χ4v) is 3.21. The number of nitrogens with one attached hydrogen (secondary N) is 1. The van der Waals surface area contributed by atoms with Crippen LogP contribution in [0.4, 0.5) is 10.1 Å². The van der Waals surface area contributed by atoms with Crippen LogP contribution >= 0.6 is 0 Å². The first-order valence-corrected chi connectivity index (χ1v) is 6.46. The van der Waals surface area contributed by atoms with Gasteiger partial charge in [0, 0.05) is 11.7 Å². The number of benzene rings is 1. The van der Waals surface area contributed by atoms with Crippen LogP contribution in [0.5, 0.6) is 0 Å². The summed E-state index contributed by atoms with van der Waals surface area (Å²) in [5, 5.41) is 3.37. The van der Waals surface area contributed by atoms with Crippen LogP contribution < -0.4 is 11.1 Å². The minimum absolute atomic E-state index is 0.0407. The lowest BCUT2D eigenvalue weighted by Gasteiger charge is -2.36. The SMILES string of the molecule is NC1CCC(F)(C2CCc3ccccc3N2)C1. The predicted octanol–water partition coefficient (Wildman–Crippen LogP) is 2.63. The van der Waals surface area contributed by atoms with Crippen molar-refractivity contribution in [1.29, 1.82) is 0 Å². The molecule has 1 heterocycles. The third-order valence-electron chi connectivity index (χ3n) is 4.21. The Kier molecular flexibility index (Phi) is 2.58. The summed E-state index contributed by atoms with van der Waals surface area (Å²) in [5.74, 6) is 0. The molecule has 2 nitrogen and oxygen atoms in total. The number of anilines is 1. The quantitative estimate of drug-likeness (QED) is 0.784. The molecule has 17 heavy (non-hydrogen) atoms. The monoisotopic (exact) mass is 234 g/mol. The highest BCUT2D eigenvalue weighted by Gasteiger charge is 2.45. The molecule has 1 fully saturated rings. The molecule has 1 aromatic rings. The smallest absolute Gasteiger partial charge is 0.132 e. The van der Waals surface area contributed by atoms with E-state index in [0.717, 1.165) is 24.9 Å². The van der Waals surface area contributed by atoms with E-state index in [1.54, 1.807) is 0 Å². The van der Waals surface area contributed by atoms with Gasteiger partial charge in [0.1, 0.15) is 5.67 Å². The number of fused-ring (bicyclic) bond motifs is 1. The maximum Gasteiger partial charge on any atom is 0.132 e. The Bertz CT molecular complexity index is 420. The van der Waals surface area contributed by atoms with E-state index < -0.39 is 5.67 Å². The van der Waals surface area contributed by atoms with Gasteiger partial charge in [0.25, 0.3) is 0 Å². The standard InChI is InChI=1S/C14H19FN2/c15-14(8-7-11(16)9-14)13-6-5-10-3-1-2-4-12(10)17-13/h1-4,11,13,17H,5-9,16H2. The molecule has 1 saturated carbocycles. The summed E-state index contributed by atoms with van der Waals surface area (Å²) in [7, 11) is 0. The van der Waals surface area contributed by atoms with E-state index in [1.165, 1.54) is 5.56 Å². The maximum absolute atomic E-state index is 14.8. The highest BCUT2D eigenvalue weighted by molar-refractivity contribution is 5.54. The van der Waals surface area contributed by atoms with Gasteiger partial charge in [-0.2, -0.15) is 0 Å². The molecule has 1 aliphatic heterocycles. The van der Waals surface area contributed by atoms with Crippen LogP contribution in [0.1, 0.15) is 31.2 Å². The van der Waals surface area contributed by atoms with Gasteiger partial charge in [0.2, 0.25) is 0 Å². The maximum atomic E-state index is 14.8. The van der Waals surface area contributed by atoms with Gasteiger partial charge in [-0.3, -0.25) is 0 Å². The van der Waals surface area contributed by atoms with Crippen LogP contribution in [0, 0.1) is 0 Å². The number of halogens is 1. The third kappa shape index (κ3) is 1.93. The molecule has 0 radical (unpaired) electrons. The Morgan fingerprint density at radius 2 is 2.12 bits per heavy atom. The van der Waals surface area contributed by atoms with Crippen LogP contribution in [-0.2, 0) is 6.42 Å². The molecule has 3 N–H and O–H groups in total. The number of para-hydroxylation sites is 1. The number of alkyl halides is 1. The van der Waals surface area contributed by atoms with E-state index in [4.69, 9.17) is 5.73 Å². The Morgan fingerprint density at radius 1 is 1.29 bits per heavy atom. The molecule has 1 aromatic carbocycles. The molecule has 3 rings (SSSR count). The summed E-state index contributed by atoms with van der Waals surface area (Å²) in [6.45, 7) is 0. The topological polar surface area (TPSA) is 38.0 Å². The minimum atomic E-state index is -1.10. The molecule has 0 amide bonds. The number of aryl methyl sites for hydroxylation is 1. The van der Waals surface area contributed by atoms with E-state index in [9.17, 15) is 4.39 Å². The summed E-state index contributed by atoms with van der Waals surface area (Å²) in [6, 6.07) is 8.17. The van der Waals surface area contributed by atoms with E-state index >= 15 is 0 Å². The van der Waals surface area contributed by atoms with Crippen molar-refractivity contribution in [3.8, 4) is 0 Å². The van der Waals surface area contributed by atoms with Gasteiger partial charge in [-0.05, 0) is 43.7 Å². The molecule has 0 spiro atoms. The molecule has 3 atom stereocenters. The zero-order valence-corrected chi connectivity index (χ0v) is 9.95. The number of nitrogens with two attached hydrogens (primary N) is 1. The molecule has 92 valence electrons. The molecule has 0 aromatic heterocycles. The van der Waals surface area contributed by atoms with E-state index in [-0.39, 0.29) is 12.1 Å². The van der Waals surface area contributed by atoms with Gasteiger partial charge < -0.3 is 11.1 Å². The molecular formula is C14H19FN2. The van der Waals surface area contributed by atoms with Gasteiger partial charge in [0.15, 0.2) is 0 Å². The van der Waals surface area contributed by atoms with Gasteiger partial charge in [-0.15, -0.1) is 0 Å². The van der Waals surface area contributed by atoms with Crippen molar-refractivity contribution < 1.29 is 4.39 Å². The van der Waals surface area contributed by atoms with Crippen LogP contribution in [0.2, 0.25) is 0 Å². The molecule has 3 heteroatoms. The average molecular weight is 234 g/mol. The highest BCUT2D eigenvalue weighted by Crippen LogP contribution is 2.40. The van der Waals surface area contributed by atoms with Crippen molar-refractivity contribution in [1.82, 2.24) is 0 Å². The van der Waals surface area contributed by atoms with Crippen LogP contribution in [-0.4, -0.2) is 17.8 Å². The van der Waals surface area contributed by atoms with Gasteiger partial charge in [-0.25, -0.2) is 4.39 Å². The Labute approximate surface area is 101 Å². The predicted molar refractivity (Wildman–Crippen MR) is 67.8 cm³/mol. The summed E-state index contributed by atoms with van der Waals surface area (Å²) in [5.41, 5.74) is 7.14. The summed E-state index contributed by atoms with van der Waals surface area (Å²) in [4.78, 5) is 0. The summed E-state index contributed by atoms with van der Waals surface area (Å²) >= 11 is 0. The van der Waals surface area contributed by atoms with E-state index in [1.807, 2.05) is 18.2 Å². The Balaban J connectivity index is 1.80. The second-order valence-electron chi connectivity index (χ2n) is 5.43. The van der Waals surface area contributed by atoms with Crippen molar-refractivity contribution >= 4 is 5.69 Å². The first-order chi connectivity index (χ1) is 8.17. The highest BCUT2D eigenvalue weighted by atomic mass is 19.1. The third-order valence-corrected chi connectivity index (χ3v) is 4.21. The van der Waals surface area contributed by atoms with Crippen LogP contribution in [0.25, 0.3) is 0 Å². The molecule has 1 aliphatic carbocycles. The van der Waals surface area contributed by atoms with Crippen molar-refractivity contribution in [2.24, 2.45) is 5.73 Å². The van der Waals surface area contributed by atoms with Gasteiger partial charge in [0.05, 0.1) is 6.04 Å². The molecule has 0 bridgehead atoms. The molecular weight excluding hydrogens is 215 g/mol. The van der Waals surface area contributed by atoms with Crippen molar-refractivity contribution in [2.75, 3.05) is 5.32 Å². The van der Waals surface area contributed by atoms with Crippen LogP contribution in [0.3, 0.4) is 0 Å². The number of rotatable bonds is 1. The second-order valence-corrected chi connectivity index (χ2v) is 5.43. The Morgan fingerprint density at radius 3 is 2.88 bits per heavy atom. The average Bonchev–Trinajstić information content (AvgIpc) is 2.70. The molecule has 0 saturated heterocycles. The zero-order chi connectivity index (χ0) is 11.9.